The van der Waals surface area contributed by atoms with Crippen LogP contribution in [-0.4, -0.2) is 16.7 Å². The van der Waals surface area contributed by atoms with E-state index in [1.165, 1.54) is 6.21 Å². The predicted octanol–water partition coefficient (Wildman–Crippen LogP) is 5.15. The smallest absolute Gasteiger partial charge is 0.273 e. The molecule has 4 rings (SSSR count). The van der Waals surface area contributed by atoms with E-state index in [0.29, 0.717) is 22.1 Å². The number of carbonyl (C=O) groups excluding carboxylic acids is 1. The molecule has 0 spiro atoms. The van der Waals surface area contributed by atoms with E-state index in [-0.39, 0.29) is 5.91 Å². The Labute approximate surface area is 166 Å². The Hall–Kier alpha value is -3.57. The van der Waals surface area contributed by atoms with Gasteiger partial charge >= 0.3 is 0 Å². The Kier molecular flexibility index (Phi) is 5.08. The zero-order valence-electron chi connectivity index (χ0n) is 14.7. The fourth-order valence-electron chi connectivity index (χ4n) is 2.79. The lowest BCUT2D eigenvalue weighted by Crippen LogP contribution is -2.19. The van der Waals surface area contributed by atoms with Crippen LogP contribution in [0.5, 0.6) is 0 Å². The second kappa shape index (κ2) is 7.98. The number of nitrogens with one attached hydrogen (secondary N) is 1. The first-order valence-corrected chi connectivity index (χ1v) is 9.00. The van der Waals surface area contributed by atoms with Crippen LogP contribution in [0, 0.1) is 0 Å². The minimum atomic E-state index is -0.301. The number of halogens is 1. The van der Waals surface area contributed by atoms with E-state index < -0.39 is 0 Å². The Morgan fingerprint density at radius 1 is 0.964 bits per heavy atom. The lowest BCUT2D eigenvalue weighted by atomic mass is 10.1. The maximum atomic E-state index is 12.5. The van der Waals surface area contributed by atoms with E-state index in [9.17, 15) is 4.79 Å². The Bertz CT molecular complexity index is 1110. The molecule has 5 nitrogen and oxygen atoms in total. The van der Waals surface area contributed by atoms with E-state index in [0.717, 1.165) is 11.3 Å². The van der Waals surface area contributed by atoms with Crippen molar-refractivity contribution in [3.8, 4) is 17.0 Å². The van der Waals surface area contributed by atoms with E-state index in [4.69, 9.17) is 16.0 Å². The first kappa shape index (κ1) is 17.8. The van der Waals surface area contributed by atoms with Crippen LogP contribution in [0.15, 0.2) is 94.7 Å². The van der Waals surface area contributed by atoms with Crippen LogP contribution in [0.3, 0.4) is 0 Å². The molecule has 0 aliphatic heterocycles. The van der Waals surface area contributed by atoms with Gasteiger partial charge in [-0.05, 0) is 60.7 Å². The standard InChI is InChI=1S/C22H16ClN3O2/c23-17-9-7-16(8-10-17)21-12-11-18(28-21)15-24-25-22(27)19-5-1-2-6-20(19)26-13-3-4-14-26/h1-15H,(H,25,27)/b24-15+. The number of rotatable bonds is 5. The van der Waals surface area contributed by atoms with Gasteiger partial charge in [0.2, 0.25) is 0 Å². The van der Waals surface area contributed by atoms with E-state index in [1.807, 2.05) is 65.5 Å². The summed E-state index contributed by atoms with van der Waals surface area (Å²) in [6.45, 7) is 0. The van der Waals surface area contributed by atoms with Gasteiger partial charge in [-0.1, -0.05) is 23.7 Å². The summed E-state index contributed by atoms with van der Waals surface area (Å²) in [6.07, 6.45) is 5.24. The van der Waals surface area contributed by atoms with Crippen molar-refractivity contribution >= 4 is 23.7 Å². The van der Waals surface area contributed by atoms with Crippen LogP contribution in [0.25, 0.3) is 17.0 Å². The molecule has 1 amide bonds. The zero-order chi connectivity index (χ0) is 19.3. The van der Waals surface area contributed by atoms with E-state index in [2.05, 4.69) is 10.5 Å². The van der Waals surface area contributed by atoms with Crippen molar-refractivity contribution in [1.29, 1.82) is 0 Å². The minimum Gasteiger partial charge on any atom is -0.455 e. The third-order valence-corrected chi connectivity index (χ3v) is 4.40. The third kappa shape index (κ3) is 3.89. The van der Waals surface area contributed by atoms with Gasteiger partial charge in [0.05, 0.1) is 17.5 Å². The van der Waals surface area contributed by atoms with Crippen LogP contribution < -0.4 is 5.43 Å². The van der Waals surface area contributed by atoms with Gasteiger partial charge in [0, 0.05) is 23.0 Å². The molecule has 0 saturated carbocycles. The van der Waals surface area contributed by atoms with Crippen molar-refractivity contribution in [3.63, 3.8) is 0 Å². The lowest BCUT2D eigenvalue weighted by molar-refractivity contribution is 0.0955. The first-order valence-electron chi connectivity index (χ1n) is 8.62. The van der Waals surface area contributed by atoms with Crippen LogP contribution in [0.2, 0.25) is 5.02 Å². The van der Waals surface area contributed by atoms with Crippen LogP contribution in [0.1, 0.15) is 16.1 Å². The van der Waals surface area contributed by atoms with Gasteiger partial charge in [-0.3, -0.25) is 4.79 Å². The maximum Gasteiger partial charge on any atom is 0.273 e. The van der Waals surface area contributed by atoms with Gasteiger partial charge < -0.3 is 8.98 Å². The second-order valence-corrected chi connectivity index (χ2v) is 6.45. The molecule has 1 N–H and O–H groups in total. The summed E-state index contributed by atoms with van der Waals surface area (Å²) in [5, 5.41) is 4.68. The Morgan fingerprint density at radius 2 is 1.71 bits per heavy atom. The quantitative estimate of drug-likeness (QED) is 0.379. The number of benzene rings is 2. The summed E-state index contributed by atoms with van der Waals surface area (Å²) < 4.78 is 7.61. The maximum absolute atomic E-state index is 12.5. The summed E-state index contributed by atoms with van der Waals surface area (Å²) in [5.74, 6) is 0.927. The average molecular weight is 390 g/mol. The summed E-state index contributed by atoms with van der Waals surface area (Å²) in [7, 11) is 0. The molecular weight excluding hydrogens is 374 g/mol. The average Bonchev–Trinajstić information content (AvgIpc) is 3.41. The third-order valence-electron chi connectivity index (χ3n) is 4.14. The molecule has 0 atom stereocenters. The topological polar surface area (TPSA) is 59.5 Å². The normalized spacial score (nSPS) is 11.0. The number of aromatic nitrogens is 1. The van der Waals surface area contributed by atoms with Crippen molar-refractivity contribution < 1.29 is 9.21 Å². The van der Waals surface area contributed by atoms with E-state index in [1.54, 1.807) is 24.3 Å². The Balaban J connectivity index is 1.46. The highest BCUT2D eigenvalue weighted by Crippen LogP contribution is 2.23. The lowest BCUT2D eigenvalue weighted by Gasteiger charge is -2.08. The van der Waals surface area contributed by atoms with Crippen molar-refractivity contribution in [2.45, 2.75) is 0 Å². The summed E-state index contributed by atoms with van der Waals surface area (Å²) in [5.41, 5.74) is 4.76. The molecule has 2 heterocycles. The zero-order valence-corrected chi connectivity index (χ0v) is 15.5. The van der Waals surface area contributed by atoms with Gasteiger partial charge in [0.25, 0.3) is 5.91 Å². The Morgan fingerprint density at radius 3 is 2.50 bits per heavy atom. The predicted molar refractivity (Wildman–Crippen MR) is 110 cm³/mol. The molecule has 0 fully saturated rings. The van der Waals surface area contributed by atoms with Crippen molar-refractivity contribution in [1.82, 2.24) is 9.99 Å². The fourth-order valence-corrected chi connectivity index (χ4v) is 2.92. The number of furan rings is 1. The number of para-hydroxylation sites is 1. The highest BCUT2D eigenvalue weighted by molar-refractivity contribution is 6.30. The van der Waals surface area contributed by atoms with Crippen LogP contribution in [0.4, 0.5) is 0 Å². The fraction of sp³-hybridized carbons (Fsp3) is 0. The van der Waals surface area contributed by atoms with Crippen molar-refractivity contribution in [3.05, 3.63) is 102 Å². The molecule has 2 aromatic heterocycles. The second-order valence-electron chi connectivity index (χ2n) is 6.02. The molecule has 138 valence electrons. The van der Waals surface area contributed by atoms with Crippen LogP contribution in [-0.2, 0) is 0 Å². The number of hydrogen-bond acceptors (Lipinski definition) is 3. The number of amides is 1. The van der Waals surface area contributed by atoms with Gasteiger partial charge in [-0.25, -0.2) is 5.43 Å². The van der Waals surface area contributed by atoms with Gasteiger partial charge in [-0.2, -0.15) is 5.10 Å². The number of carbonyl (C=O) groups is 1. The number of hydrazone groups is 1. The number of hydrogen-bond donors (Lipinski definition) is 1. The SMILES string of the molecule is O=C(N/N=C/c1ccc(-c2ccc(Cl)cc2)o1)c1ccccc1-n1cccc1. The molecule has 0 unspecified atom stereocenters. The molecule has 28 heavy (non-hydrogen) atoms. The molecule has 2 aromatic carbocycles. The van der Waals surface area contributed by atoms with Crippen molar-refractivity contribution in [2.75, 3.05) is 0 Å². The molecule has 0 bridgehead atoms. The highest BCUT2D eigenvalue weighted by atomic mass is 35.5. The number of nitrogens with zero attached hydrogens (tertiary/aromatic N) is 2. The van der Waals surface area contributed by atoms with Crippen LogP contribution >= 0.6 is 11.6 Å². The van der Waals surface area contributed by atoms with E-state index >= 15 is 0 Å². The van der Waals surface area contributed by atoms with Crippen molar-refractivity contribution in [2.24, 2.45) is 5.10 Å². The molecule has 6 heteroatoms. The molecule has 0 aliphatic carbocycles. The molecule has 4 aromatic rings. The summed E-state index contributed by atoms with van der Waals surface area (Å²) >= 11 is 5.90. The molecule has 0 aliphatic rings. The molecular formula is C22H16ClN3O2. The van der Waals surface area contributed by atoms with Gasteiger partial charge in [-0.15, -0.1) is 0 Å². The van der Waals surface area contributed by atoms with Gasteiger partial charge in [0.15, 0.2) is 0 Å². The monoisotopic (exact) mass is 389 g/mol. The minimum absolute atomic E-state index is 0.301. The largest absolute Gasteiger partial charge is 0.455 e. The summed E-state index contributed by atoms with van der Waals surface area (Å²) in [4.78, 5) is 12.5. The highest BCUT2D eigenvalue weighted by Gasteiger charge is 2.11. The first-order chi connectivity index (χ1) is 13.7. The molecule has 0 saturated heterocycles. The van der Waals surface area contributed by atoms with Gasteiger partial charge in [0.1, 0.15) is 11.5 Å². The molecule has 0 radical (unpaired) electrons. The summed E-state index contributed by atoms with van der Waals surface area (Å²) in [6, 6.07) is 22.1.